The Labute approximate surface area is 39.1 Å². The predicted octanol–water partition coefficient (Wildman–Crippen LogP) is 0.553. The molecule has 1 unspecified atom stereocenters. The van der Waals surface area contributed by atoms with Crippen molar-refractivity contribution in [2.45, 2.75) is 4.28 Å². The first-order valence-electron chi connectivity index (χ1n) is 0.810. The van der Waals surface area contributed by atoms with Crippen molar-refractivity contribution >= 4 is 28.6 Å². The topological polar surface area (TPSA) is 26.0 Å². The zero-order valence-electron chi connectivity index (χ0n) is 1.98. The van der Waals surface area contributed by atoms with E-state index < -0.39 is 0 Å². The van der Waals surface area contributed by atoms with Crippen LogP contribution in [0.15, 0.2) is 0 Å². The maximum absolute atomic E-state index is 4.89. The molecule has 0 aliphatic rings. The molecule has 4 heavy (non-hydrogen) atoms. The maximum atomic E-state index is 4.89. The lowest BCUT2D eigenvalue weighted by molar-refractivity contribution is 1.35. The number of alkyl halides is 1. The number of nitrogens with two attached hydrogens (primary N) is 1. The summed E-state index contributed by atoms with van der Waals surface area (Å²) in [6.45, 7) is 0. The summed E-state index contributed by atoms with van der Waals surface area (Å²) in [5.41, 5.74) is 4.89. The standard InChI is InChI=1S/CH4BrNS/c2-1(3)4/h1,4H,3H2. The molecule has 0 saturated heterocycles. The number of hydrogen-bond donors (Lipinski definition) is 2. The highest BCUT2D eigenvalue weighted by Gasteiger charge is 1.71. The SMILES string of the molecule is NC(S)Br. The summed E-state index contributed by atoms with van der Waals surface area (Å²) >= 11 is 6.57. The van der Waals surface area contributed by atoms with E-state index in [4.69, 9.17) is 5.73 Å². The second-order valence-corrected chi connectivity index (χ2v) is 2.62. The Morgan fingerprint density at radius 2 is 2.00 bits per heavy atom. The average molecular weight is 142 g/mol. The van der Waals surface area contributed by atoms with Gasteiger partial charge in [-0.2, -0.15) is 0 Å². The Morgan fingerprint density at radius 3 is 2.00 bits per heavy atom. The molecule has 2 N–H and O–H groups in total. The fraction of sp³-hybridized carbons (Fsp3) is 1.00. The van der Waals surface area contributed by atoms with Crippen molar-refractivity contribution in [3.05, 3.63) is 0 Å². The van der Waals surface area contributed by atoms with Gasteiger partial charge in [0.05, 0.1) is 0 Å². The third kappa shape index (κ3) is 14.3. The van der Waals surface area contributed by atoms with E-state index in [1.54, 1.807) is 0 Å². The van der Waals surface area contributed by atoms with E-state index in [-0.39, 0.29) is 4.28 Å². The van der Waals surface area contributed by atoms with Crippen LogP contribution < -0.4 is 5.73 Å². The molecule has 26 valence electrons. The van der Waals surface area contributed by atoms with Crippen LogP contribution in [-0.2, 0) is 0 Å². The molecule has 1 nitrogen and oxygen atoms in total. The minimum atomic E-state index is -0.160. The number of thiol groups is 1. The molecule has 0 aliphatic carbocycles. The fourth-order valence-corrected chi connectivity index (χ4v) is 0. The van der Waals surface area contributed by atoms with Gasteiger partial charge in [-0.25, -0.2) is 0 Å². The second kappa shape index (κ2) is 2.05. The van der Waals surface area contributed by atoms with Crippen LogP contribution in [0, 0.1) is 0 Å². The van der Waals surface area contributed by atoms with Crippen molar-refractivity contribution in [2.24, 2.45) is 5.73 Å². The normalized spacial score (nSPS) is 15.8. The van der Waals surface area contributed by atoms with E-state index in [1.165, 1.54) is 0 Å². The predicted molar refractivity (Wildman–Crippen MR) is 25.9 cm³/mol. The Morgan fingerprint density at radius 1 is 2.00 bits per heavy atom. The molecule has 0 aromatic heterocycles. The molecule has 0 heterocycles. The van der Waals surface area contributed by atoms with Gasteiger partial charge in [-0.3, -0.25) is 0 Å². The first kappa shape index (κ1) is 4.79. The minimum absolute atomic E-state index is 0.160. The van der Waals surface area contributed by atoms with E-state index in [2.05, 4.69) is 28.6 Å². The number of halogens is 1. The van der Waals surface area contributed by atoms with Crippen LogP contribution in [0.3, 0.4) is 0 Å². The van der Waals surface area contributed by atoms with Gasteiger partial charge in [0.2, 0.25) is 0 Å². The van der Waals surface area contributed by atoms with Crippen LogP contribution in [0.4, 0.5) is 0 Å². The zero-order valence-corrected chi connectivity index (χ0v) is 4.46. The van der Waals surface area contributed by atoms with Gasteiger partial charge < -0.3 is 5.73 Å². The highest BCUT2D eigenvalue weighted by atomic mass is 79.9. The van der Waals surface area contributed by atoms with Gasteiger partial charge in [0.15, 0.2) is 0 Å². The molecule has 0 aliphatic heterocycles. The molecule has 0 bridgehead atoms. The van der Waals surface area contributed by atoms with Gasteiger partial charge in [0.1, 0.15) is 4.28 Å². The lowest BCUT2D eigenvalue weighted by Gasteiger charge is -1.77. The minimum Gasteiger partial charge on any atom is -0.311 e. The first-order valence-corrected chi connectivity index (χ1v) is 2.24. The Balaban J connectivity index is 2.32. The summed E-state index contributed by atoms with van der Waals surface area (Å²) in [6.07, 6.45) is 0. The lowest BCUT2D eigenvalue weighted by atomic mass is 11.5. The van der Waals surface area contributed by atoms with Crippen LogP contribution in [-0.4, -0.2) is 4.28 Å². The third-order valence-electron chi connectivity index (χ3n) is 0. The van der Waals surface area contributed by atoms with Crippen molar-refractivity contribution in [1.82, 2.24) is 0 Å². The highest BCUT2D eigenvalue weighted by molar-refractivity contribution is 9.11. The summed E-state index contributed by atoms with van der Waals surface area (Å²) in [7, 11) is 0. The van der Waals surface area contributed by atoms with E-state index >= 15 is 0 Å². The molecule has 0 amide bonds. The van der Waals surface area contributed by atoms with Gasteiger partial charge in [0, 0.05) is 0 Å². The van der Waals surface area contributed by atoms with Crippen LogP contribution in [0.1, 0.15) is 0 Å². The zero-order chi connectivity index (χ0) is 3.58. The van der Waals surface area contributed by atoms with Crippen molar-refractivity contribution in [2.75, 3.05) is 0 Å². The molecule has 0 rings (SSSR count). The van der Waals surface area contributed by atoms with Crippen molar-refractivity contribution in [1.29, 1.82) is 0 Å². The summed E-state index contributed by atoms with van der Waals surface area (Å²) in [6, 6.07) is 0. The molecule has 0 spiro atoms. The number of rotatable bonds is 0. The molecule has 0 radical (unpaired) electrons. The van der Waals surface area contributed by atoms with E-state index in [0.29, 0.717) is 0 Å². The first-order chi connectivity index (χ1) is 1.73. The van der Waals surface area contributed by atoms with Crippen molar-refractivity contribution in [3.8, 4) is 0 Å². The van der Waals surface area contributed by atoms with Crippen molar-refractivity contribution < 1.29 is 0 Å². The highest BCUT2D eigenvalue weighted by Crippen LogP contribution is 1.90. The van der Waals surface area contributed by atoms with Gasteiger partial charge in [-0.05, 0) is 0 Å². The molecule has 0 saturated carbocycles. The van der Waals surface area contributed by atoms with Gasteiger partial charge in [0.25, 0.3) is 0 Å². The fourth-order valence-electron chi connectivity index (χ4n) is 0. The van der Waals surface area contributed by atoms with E-state index in [9.17, 15) is 0 Å². The summed E-state index contributed by atoms with van der Waals surface area (Å²) in [5.74, 6) is 0. The summed E-state index contributed by atoms with van der Waals surface area (Å²) < 4.78 is -0.160. The second-order valence-electron chi connectivity index (χ2n) is 0.373. The Bertz CT molecular complexity index is 12.8. The maximum Gasteiger partial charge on any atom is 0.104 e. The van der Waals surface area contributed by atoms with E-state index in [1.807, 2.05) is 0 Å². The molecule has 0 aromatic carbocycles. The van der Waals surface area contributed by atoms with E-state index in [0.717, 1.165) is 0 Å². The van der Waals surface area contributed by atoms with Crippen molar-refractivity contribution in [3.63, 3.8) is 0 Å². The average Bonchev–Trinajstić information content (AvgIpc) is 0.811. The van der Waals surface area contributed by atoms with Gasteiger partial charge in [-0.1, -0.05) is 15.9 Å². The third-order valence-corrected chi connectivity index (χ3v) is 0. The molecular formula is CH4BrNS. The Kier molecular flexibility index (Phi) is 2.46. The summed E-state index contributed by atoms with van der Waals surface area (Å²) in [4.78, 5) is 0. The van der Waals surface area contributed by atoms with Crippen LogP contribution in [0.5, 0.6) is 0 Å². The largest absolute Gasteiger partial charge is 0.311 e. The molecule has 3 heteroatoms. The molecule has 0 aromatic rings. The summed E-state index contributed by atoms with van der Waals surface area (Å²) in [5, 5.41) is 0. The molecule has 0 fully saturated rings. The lowest BCUT2D eigenvalue weighted by Crippen LogP contribution is -1.98. The quantitative estimate of drug-likeness (QED) is 0.219. The van der Waals surface area contributed by atoms with Crippen LogP contribution in [0.25, 0.3) is 0 Å². The van der Waals surface area contributed by atoms with Crippen LogP contribution in [0.2, 0.25) is 0 Å². The Hall–Kier alpha value is 0.790. The smallest absolute Gasteiger partial charge is 0.104 e. The van der Waals surface area contributed by atoms with Gasteiger partial charge >= 0.3 is 0 Å². The number of hydrogen-bond acceptors (Lipinski definition) is 2. The molecule has 1 atom stereocenters. The van der Waals surface area contributed by atoms with Crippen LogP contribution >= 0.6 is 28.6 Å². The molecular weight excluding hydrogens is 138 g/mol. The van der Waals surface area contributed by atoms with Gasteiger partial charge in [-0.15, -0.1) is 12.6 Å². The monoisotopic (exact) mass is 141 g/mol.